The number of piperazine rings is 1. The third-order valence-corrected chi connectivity index (χ3v) is 5.43. The average molecular weight is 338 g/mol. The van der Waals surface area contributed by atoms with E-state index in [1.165, 1.54) is 16.7 Å². The van der Waals surface area contributed by atoms with Crippen LogP contribution >= 0.6 is 0 Å². The van der Waals surface area contributed by atoms with E-state index in [2.05, 4.69) is 46.1 Å². The molecule has 1 saturated heterocycles. The predicted octanol–water partition coefficient (Wildman–Crippen LogP) is 2.18. The third-order valence-electron chi connectivity index (χ3n) is 5.43. The number of aryl methyl sites for hydroxylation is 2. The largest absolute Gasteiger partial charge is 0.340 e. The van der Waals surface area contributed by atoms with Gasteiger partial charge in [-0.1, -0.05) is 29.8 Å². The zero-order valence-electron chi connectivity index (χ0n) is 15.1. The lowest BCUT2D eigenvalue weighted by Crippen LogP contribution is -2.48. The lowest BCUT2D eigenvalue weighted by atomic mass is 10.1. The van der Waals surface area contributed by atoms with Crippen molar-refractivity contribution in [3.63, 3.8) is 0 Å². The summed E-state index contributed by atoms with van der Waals surface area (Å²) < 4.78 is 1.82. The molecule has 2 fully saturated rings. The van der Waals surface area contributed by atoms with Crippen LogP contribution in [0, 0.1) is 12.8 Å². The first kappa shape index (κ1) is 16.3. The van der Waals surface area contributed by atoms with E-state index in [9.17, 15) is 4.79 Å². The quantitative estimate of drug-likeness (QED) is 0.858. The zero-order valence-corrected chi connectivity index (χ0v) is 15.1. The highest BCUT2D eigenvalue weighted by Crippen LogP contribution is 2.48. The van der Waals surface area contributed by atoms with Gasteiger partial charge in [-0.05, 0) is 30.4 Å². The maximum Gasteiger partial charge on any atom is 0.226 e. The van der Waals surface area contributed by atoms with Gasteiger partial charge in [0.1, 0.15) is 0 Å². The molecule has 0 N–H and O–H groups in total. The minimum absolute atomic E-state index is 0.174. The van der Waals surface area contributed by atoms with Crippen molar-refractivity contribution in [1.82, 2.24) is 19.6 Å². The Kier molecular flexibility index (Phi) is 4.34. The van der Waals surface area contributed by atoms with Crippen molar-refractivity contribution in [2.45, 2.75) is 25.8 Å². The van der Waals surface area contributed by atoms with Crippen molar-refractivity contribution in [2.24, 2.45) is 13.0 Å². The first-order chi connectivity index (χ1) is 12.1. The van der Waals surface area contributed by atoms with Crippen LogP contribution in [-0.2, 0) is 18.4 Å². The van der Waals surface area contributed by atoms with Crippen LogP contribution in [-0.4, -0.2) is 51.7 Å². The highest BCUT2D eigenvalue weighted by atomic mass is 16.2. The van der Waals surface area contributed by atoms with Crippen LogP contribution in [0.4, 0.5) is 0 Å². The average Bonchev–Trinajstić information content (AvgIpc) is 3.29. The first-order valence-electron chi connectivity index (χ1n) is 9.15. The van der Waals surface area contributed by atoms with Crippen LogP contribution in [0.15, 0.2) is 36.7 Å². The number of rotatable bonds is 4. The van der Waals surface area contributed by atoms with E-state index in [-0.39, 0.29) is 5.92 Å². The number of aromatic nitrogens is 2. The second kappa shape index (κ2) is 6.64. The summed E-state index contributed by atoms with van der Waals surface area (Å²) in [7, 11) is 1.93. The third kappa shape index (κ3) is 3.61. The van der Waals surface area contributed by atoms with Gasteiger partial charge in [0.15, 0.2) is 0 Å². The van der Waals surface area contributed by atoms with E-state index >= 15 is 0 Å². The molecule has 2 heterocycles. The van der Waals surface area contributed by atoms with Gasteiger partial charge < -0.3 is 4.90 Å². The van der Waals surface area contributed by atoms with Crippen LogP contribution in [0.5, 0.6) is 0 Å². The van der Waals surface area contributed by atoms with Crippen molar-refractivity contribution in [3.05, 3.63) is 53.3 Å². The standard InChI is InChI=1S/C20H26N4O/c1-15-4-3-5-16(10-15)13-23-6-8-24(9-7-23)20(25)19-11-18(19)17-12-21-22(2)14-17/h3-5,10,12,14,18-19H,6-9,11,13H2,1-2H3/t18-,19+/m1/s1. The molecule has 5 nitrogen and oxygen atoms in total. The molecule has 1 aromatic carbocycles. The molecule has 0 unspecified atom stereocenters. The molecule has 1 aliphatic carbocycles. The summed E-state index contributed by atoms with van der Waals surface area (Å²) in [6.45, 7) is 6.73. The van der Waals surface area contributed by atoms with Gasteiger partial charge in [0.2, 0.25) is 5.91 Å². The molecule has 0 spiro atoms. The van der Waals surface area contributed by atoms with Gasteiger partial charge >= 0.3 is 0 Å². The summed E-state index contributed by atoms with van der Waals surface area (Å²) in [5.74, 6) is 0.892. The van der Waals surface area contributed by atoms with Gasteiger partial charge in [0, 0.05) is 51.9 Å². The molecule has 1 amide bonds. The molecule has 0 bridgehead atoms. The normalized spacial score (nSPS) is 23.7. The molecule has 1 aromatic heterocycles. The first-order valence-corrected chi connectivity index (χ1v) is 9.15. The molecule has 25 heavy (non-hydrogen) atoms. The number of carbonyl (C=O) groups excluding carboxylic acids is 1. The minimum atomic E-state index is 0.174. The van der Waals surface area contributed by atoms with Crippen molar-refractivity contribution >= 4 is 5.91 Å². The van der Waals surface area contributed by atoms with E-state index in [0.717, 1.165) is 39.1 Å². The number of hydrogen-bond acceptors (Lipinski definition) is 3. The van der Waals surface area contributed by atoms with Crippen LogP contribution < -0.4 is 0 Å². The van der Waals surface area contributed by atoms with E-state index in [1.54, 1.807) is 0 Å². The smallest absolute Gasteiger partial charge is 0.226 e. The van der Waals surface area contributed by atoms with Crippen molar-refractivity contribution in [1.29, 1.82) is 0 Å². The molecule has 132 valence electrons. The Hall–Kier alpha value is -2.14. The summed E-state index contributed by atoms with van der Waals surface area (Å²) in [6.07, 6.45) is 4.92. The van der Waals surface area contributed by atoms with Gasteiger partial charge in [-0.25, -0.2) is 0 Å². The Bertz CT molecular complexity index is 761. The topological polar surface area (TPSA) is 41.4 Å². The number of benzene rings is 1. The Labute approximate surface area is 149 Å². The molecule has 2 aromatic rings. The number of carbonyl (C=O) groups is 1. The summed E-state index contributed by atoms with van der Waals surface area (Å²) in [4.78, 5) is 17.3. The van der Waals surface area contributed by atoms with Gasteiger partial charge in [0.05, 0.1) is 6.20 Å². The van der Waals surface area contributed by atoms with Crippen molar-refractivity contribution in [3.8, 4) is 0 Å². The Balaban J connectivity index is 1.28. The SMILES string of the molecule is Cc1cccc(CN2CCN(C(=O)[C@H]3C[C@@H]3c3cnn(C)c3)CC2)c1. The maximum absolute atomic E-state index is 12.7. The molecule has 1 saturated carbocycles. The van der Waals surface area contributed by atoms with Crippen molar-refractivity contribution < 1.29 is 4.79 Å². The molecular formula is C20H26N4O. The summed E-state index contributed by atoms with van der Waals surface area (Å²) in [5.41, 5.74) is 3.87. The molecule has 5 heteroatoms. The van der Waals surface area contributed by atoms with E-state index < -0.39 is 0 Å². The predicted molar refractivity (Wildman–Crippen MR) is 97.1 cm³/mol. The van der Waals surface area contributed by atoms with Gasteiger partial charge in [-0.3, -0.25) is 14.4 Å². The number of amides is 1. The van der Waals surface area contributed by atoms with Crippen LogP contribution in [0.25, 0.3) is 0 Å². The zero-order chi connectivity index (χ0) is 17.4. The lowest BCUT2D eigenvalue weighted by molar-refractivity contribution is -0.134. The van der Waals surface area contributed by atoms with Gasteiger partial charge in [-0.15, -0.1) is 0 Å². The maximum atomic E-state index is 12.7. The molecule has 0 radical (unpaired) electrons. The molecule has 1 aliphatic heterocycles. The molecular weight excluding hydrogens is 312 g/mol. The lowest BCUT2D eigenvalue weighted by Gasteiger charge is -2.35. The summed E-state index contributed by atoms with van der Waals surface area (Å²) in [6, 6.07) is 8.69. The van der Waals surface area contributed by atoms with Crippen LogP contribution in [0.3, 0.4) is 0 Å². The highest BCUT2D eigenvalue weighted by Gasteiger charge is 2.46. The fraction of sp³-hybridized carbons (Fsp3) is 0.500. The van der Waals surface area contributed by atoms with Crippen molar-refractivity contribution in [2.75, 3.05) is 26.2 Å². The molecule has 4 rings (SSSR count). The monoisotopic (exact) mass is 338 g/mol. The van der Waals surface area contributed by atoms with Gasteiger partial charge in [0.25, 0.3) is 0 Å². The second-order valence-electron chi connectivity index (χ2n) is 7.49. The fourth-order valence-corrected chi connectivity index (χ4v) is 3.90. The highest BCUT2D eigenvalue weighted by molar-refractivity contribution is 5.83. The number of nitrogens with zero attached hydrogens (tertiary/aromatic N) is 4. The number of hydrogen-bond donors (Lipinski definition) is 0. The summed E-state index contributed by atoms with van der Waals surface area (Å²) >= 11 is 0. The summed E-state index contributed by atoms with van der Waals surface area (Å²) in [5, 5.41) is 4.23. The molecule has 2 aliphatic rings. The Morgan fingerprint density at radius 2 is 2.04 bits per heavy atom. The second-order valence-corrected chi connectivity index (χ2v) is 7.49. The van der Waals surface area contributed by atoms with Crippen LogP contribution in [0.1, 0.15) is 29.0 Å². The molecule has 2 atom stereocenters. The minimum Gasteiger partial charge on any atom is -0.340 e. The van der Waals surface area contributed by atoms with Crippen LogP contribution in [0.2, 0.25) is 0 Å². The van der Waals surface area contributed by atoms with E-state index in [4.69, 9.17) is 0 Å². The Morgan fingerprint density at radius 1 is 1.24 bits per heavy atom. The van der Waals surface area contributed by atoms with E-state index in [0.29, 0.717) is 11.8 Å². The fourth-order valence-electron chi connectivity index (χ4n) is 3.90. The van der Waals surface area contributed by atoms with E-state index in [1.807, 2.05) is 24.1 Å². The Morgan fingerprint density at radius 3 is 2.72 bits per heavy atom. The van der Waals surface area contributed by atoms with Gasteiger partial charge in [-0.2, -0.15) is 5.10 Å².